The maximum Gasteiger partial charge on any atom is 0.242 e. The normalized spacial score (nSPS) is 17.7. The van der Waals surface area contributed by atoms with Gasteiger partial charge in [-0.1, -0.05) is 0 Å². The number of rotatable bonds is 4. The summed E-state index contributed by atoms with van der Waals surface area (Å²) in [5.41, 5.74) is 0.928. The van der Waals surface area contributed by atoms with Crippen LogP contribution >= 0.6 is 24.0 Å². The number of hydrogen-bond acceptors (Lipinski definition) is 3. The molecule has 0 radical (unpaired) electrons. The number of aromatic nitrogens is 2. The second-order valence-electron chi connectivity index (χ2n) is 7.28. The molecule has 1 aromatic rings. The van der Waals surface area contributed by atoms with Crippen molar-refractivity contribution in [2.24, 2.45) is 4.99 Å². The van der Waals surface area contributed by atoms with Crippen molar-refractivity contribution in [2.75, 3.05) is 26.7 Å². The zero-order valence-electron chi connectivity index (χ0n) is 16.1. The quantitative estimate of drug-likeness (QED) is 0.421. The number of amides is 1. The van der Waals surface area contributed by atoms with Crippen molar-refractivity contribution < 1.29 is 4.79 Å². The molecule has 0 atom stereocenters. The van der Waals surface area contributed by atoms with Crippen molar-refractivity contribution in [3.63, 3.8) is 0 Å². The van der Waals surface area contributed by atoms with Crippen molar-refractivity contribution >= 4 is 35.8 Å². The fourth-order valence-electron chi connectivity index (χ4n) is 3.52. The third kappa shape index (κ3) is 5.32. The van der Waals surface area contributed by atoms with Crippen molar-refractivity contribution in [1.29, 1.82) is 0 Å². The lowest BCUT2D eigenvalue weighted by atomic mass is 9.96. The molecule has 2 rings (SSSR count). The number of aryl methyl sites for hydroxylation is 1. The molecule has 1 aromatic heterocycles. The van der Waals surface area contributed by atoms with Gasteiger partial charge in [-0.05, 0) is 40.2 Å². The Kier molecular flexibility index (Phi) is 7.70. The van der Waals surface area contributed by atoms with E-state index in [0.717, 1.165) is 24.6 Å². The Hall–Kier alpha value is -1.32. The Morgan fingerprint density at radius 2 is 2.12 bits per heavy atom. The van der Waals surface area contributed by atoms with E-state index in [-0.39, 0.29) is 41.5 Å². The molecule has 8 heteroatoms. The van der Waals surface area contributed by atoms with Crippen LogP contribution in [-0.2, 0) is 11.3 Å². The van der Waals surface area contributed by atoms with Crippen LogP contribution in [0.5, 0.6) is 0 Å². The Balaban J connectivity index is 0.00000312. The molecule has 0 spiro atoms. The highest BCUT2D eigenvalue weighted by Gasteiger charge is 2.40. The lowest BCUT2D eigenvalue weighted by Gasteiger charge is -2.49. The van der Waals surface area contributed by atoms with Gasteiger partial charge in [0, 0.05) is 32.4 Å². The van der Waals surface area contributed by atoms with Crippen LogP contribution in [0, 0.1) is 6.92 Å². The second-order valence-corrected chi connectivity index (χ2v) is 7.28. The van der Waals surface area contributed by atoms with Gasteiger partial charge in [0.15, 0.2) is 5.96 Å². The second kappa shape index (κ2) is 8.86. The Morgan fingerprint density at radius 3 is 2.60 bits per heavy atom. The van der Waals surface area contributed by atoms with Gasteiger partial charge in [-0.25, -0.2) is 0 Å². The van der Waals surface area contributed by atoms with E-state index in [0.29, 0.717) is 13.1 Å². The minimum Gasteiger partial charge on any atom is -0.354 e. The number of aliphatic imine (C=N–C) groups is 1. The molecule has 1 aliphatic heterocycles. The predicted molar refractivity (Wildman–Crippen MR) is 111 cm³/mol. The zero-order chi connectivity index (χ0) is 17.9. The first-order valence-electron chi connectivity index (χ1n) is 8.51. The van der Waals surface area contributed by atoms with Crippen LogP contribution < -0.4 is 5.32 Å². The van der Waals surface area contributed by atoms with Crippen LogP contribution in [0.2, 0.25) is 0 Å². The SMILES string of the molecule is CN=C(NCCn1cc(C)cn1)N1CC(=O)N(C(C)C)C(C)(C)C1.I. The molecule has 2 heterocycles. The highest BCUT2D eigenvalue weighted by atomic mass is 127. The standard InChI is InChI=1S/C17H30N6O.HI/c1-13(2)23-15(24)11-21(12-17(23,4)5)16(18-6)19-7-8-22-10-14(3)9-20-22;/h9-10,13H,7-8,11-12H2,1-6H3,(H,18,19);1H. The number of hydrogen-bond donors (Lipinski definition) is 1. The molecule has 1 saturated heterocycles. The number of carbonyl (C=O) groups excluding carboxylic acids is 1. The maximum absolute atomic E-state index is 12.6. The first-order chi connectivity index (χ1) is 11.2. The number of nitrogens with zero attached hydrogens (tertiary/aromatic N) is 5. The molecule has 1 amide bonds. The van der Waals surface area contributed by atoms with Crippen LogP contribution in [0.25, 0.3) is 0 Å². The first kappa shape index (κ1) is 21.7. The largest absolute Gasteiger partial charge is 0.354 e. The summed E-state index contributed by atoms with van der Waals surface area (Å²) in [4.78, 5) is 20.9. The molecule has 25 heavy (non-hydrogen) atoms. The first-order valence-corrected chi connectivity index (χ1v) is 8.51. The molecule has 1 fully saturated rings. The molecular formula is C17H31IN6O. The summed E-state index contributed by atoms with van der Waals surface area (Å²) in [6.45, 7) is 13.0. The van der Waals surface area contributed by atoms with E-state index >= 15 is 0 Å². The molecular weight excluding hydrogens is 431 g/mol. The molecule has 0 aromatic carbocycles. The lowest BCUT2D eigenvalue weighted by Crippen LogP contribution is -2.66. The summed E-state index contributed by atoms with van der Waals surface area (Å²) in [7, 11) is 1.76. The van der Waals surface area contributed by atoms with Gasteiger partial charge in [0.05, 0.1) is 24.8 Å². The van der Waals surface area contributed by atoms with E-state index in [9.17, 15) is 4.79 Å². The molecule has 0 saturated carbocycles. The Labute approximate surface area is 167 Å². The lowest BCUT2D eigenvalue weighted by molar-refractivity contribution is -0.145. The predicted octanol–water partition coefficient (Wildman–Crippen LogP) is 1.72. The number of piperazine rings is 1. The van der Waals surface area contributed by atoms with Crippen molar-refractivity contribution in [3.05, 3.63) is 18.0 Å². The van der Waals surface area contributed by atoms with E-state index in [1.165, 1.54) is 0 Å². The van der Waals surface area contributed by atoms with Crippen LogP contribution in [0.15, 0.2) is 17.4 Å². The molecule has 0 bridgehead atoms. The van der Waals surface area contributed by atoms with E-state index in [1.54, 1.807) is 7.05 Å². The van der Waals surface area contributed by atoms with Crippen molar-refractivity contribution in [3.8, 4) is 0 Å². The van der Waals surface area contributed by atoms with E-state index in [2.05, 4.69) is 43.1 Å². The minimum atomic E-state index is -0.222. The van der Waals surface area contributed by atoms with Crippen molar-refractivity contribution in [1.82, 2.24) is 24.9 Å². The minimum absolute atomic E-state index is 0. The van der Waals surface area contributed by atoms with Crippen LogP contribution in [0.4, 0.5) is 0 Å². The summed E-state index contributed by atoms with van der Waals surface area (Å²) in [6.07, 6.45) is 3.86. The van der Waals surface area contributed by atoms with Gasteiger partial charge >= 0.3 is 0 Å². The number of guanidine groups is 1. The highest BCUT2D eigenvalue weighted by Crippen LogP contribution is 2.24. The van der Waals surface area contributed by atoms with Gasteiger partial charge in [0.1, 0.15) is 0 Å². The van der Waals surface area contributed by atoms with Gasteiger partial charge in [-0.2, -0.15) is 5.10 Å². The molecule has 142 valence electrons. The molecule has 1 aliphatic rings. The summed E-state index contributed by atoms with van der Waals surface area (Å²) in [5.74, 6) is 0.913. The average molecular weight is 462 g/mol. The third-order valence-corrected chi connectivity index (χ3v) is 4.24. The topological polar surface area (TPSA) is 65.8 Å². The van der Waals surface area contributed by atoms with Gasteiger partial charge in [0.2, 0.25) is 5.91 Å². The van der Waals surface area contributed by atoms with E-state index in [4.69, 9.17) is 0 Å². The fraction of sp³-hybridized carbons (Fsp3) is 0.706. The van der Waals surface area contributed by atoms with Gasteiger partial charge in [0.25, 0.3) is 0 Å². The molecule has 1 N–H and O–H groups in total. The summed E-state index contributed by atoms with van der Waals surface area (Å²) < 4.78 is 1.90. The molecule has 0 unspecified atom stereocenters. The van der Waals surface area contributed by atoms with Gasteiger partial charge in [-0.15, -0.1) is 24.0 Å². The third-order valence-electron chi connectivity index (χ3n) is 4.24. The maximum atomic E-state index is 12.6. The number of nitrogens with one attached hydrogen (secondary N) is 1. The summed E-state index contributed by atoms with van der Waals surface area (Å²) >= 11 is 0. The van der Waals surface area contributed by atoms with E-state index in [1.807, 2.05) is 33.8 Å². The highest BCUT2D eigenvalue weighted by molar-refractivity contribution is 14.0. The monoisotopic (exact) mass is 462 g/mol. The zero-order valence-corrected chi connectivity index (χ0v) is 18.4. The average Bonchev–Trinajstić information content (AvgIpc) is 2.86. The van der Waals surface area contributed by atoms with Gasteiger partial charge in [-0.3, -0.25) is 14.5 Å². The molecule has 0 aliphatic carbocycles. The van der Waals surface area contributed by atoms with Crippen molar-refractivity contribution in [2.45, 2.75) is 52.7 Å². The Morgan fingerprint density at radius 1 is 1.44 bits per heavy atom. The number of carbonyl (C=O) groups is 1. The van der Waals surface area contributed by atoms with Crippen LogP contribution in [0.3, 0.4) is 0 Å². The molecule has 7 nitrogen and oxygen atoms in total. The fourth-order valence-corrected chi connectivity index (χ4v) is 3.52. The number of halogens is 1. The Bertz CT molecular complexity index is 610. The summed E-state index contributed by atoms with van der Waals surface area (Å²) in [6, 6.07) is 0.202. The smallest absolute Gasteiger partial charge is 0.242 e. The van der Waals surface area contributed by atoms with E-state index < -0.39 is 0 Å². The van der Waals surface area contributed by atoms with Crippen LogP contribution in [0.1, 0.15) is 33.3 Å². The van der Waals surface area contributed by atoms with Crippen LogP contribution in [-0.4, -0.2) is 69.7 Å². The summed E-state index contributed by atoms with van der Waals surface area (Å²) in [5, 5.41) is 7.62. The van der Waals surface area contributed by atoms with Gasteiger partial charge < -0.3 is 15.1 Å².